The van der Waals surface area contributed by atoms with Crippen LogP contribution in [-0.4, -0.2) is 37.2 Å². The van der Waals surface area contributed by atoms with Gasteiger partial charge in [0.15, 0.2) is 6.10 Å². The third kappa shape index (κ3) is 66.9. The van der Waals surface area contributed by atoms with Crippen LogP contribution in [0.3, 0.4) is 0 Å². The van der Waals surface area contributed by atoms with Crippen LogP contribution >= 0.6 is 0 Å². The van der Waals surface area contributed by atoms with Crippen molar-refractivity contribution < 1.29 is 28.6 Å². The molecule has 0 bridgehead atoms. The Morgan fingerprint density at radius 3 is 0.780 bits per heavy atom. The molecule has 0 N–H and O–H groups in total. The minimum Gasteiger partial charge on any atom is -0.462 e. The maximum atomic E-state index is 13.0. The van der Waals surface area contributed by atoms with Crippen molar-refractivity contribution in [3.8, 4) is 0 Å². The molecule has 6 nitrogen and oxygen atoms in total. The first kappa shape index (κ1) is 78.1. The van der Waals surface area contributed by atoms with Crippen LogP contribution < -0.4 is 0 Å². The van der Waals surface area contributed by atoms with Crippen molar-refractivity contribution in [2.75, 3.05) is 13.2 Å². The molecule has 0 aliphatic heterocycles. The molecule has 1 unspecified atom stereocenters. The number of carbonyl (C=O) groups is 3. The number of carbonyl (C=O) groups excluding carboxylic acids is 3. The van der Waals surface area contributed by atoms with Crippen molar-refractivity contribution in [1.82, 2.24) is 0 Å². The molecule has 0 saturated carbocycles. The van der Waals surface area contributed by atoms with Crippen LogP contribution in [0.4, 0.5) is 0 Å². The van der Waals surface area contributed by atoms with E-state index in [0.717, 1.165) is 122 Å². The topological polar surface area (TPSA) is 78.9 Å². The molecule has 0 saturated heterocycles. The van der Waals surface area contributed by atoms with Gasteiger partial charge in [0.1, 0.15) is 13.2 Å². The Kier molecular flexibility index (Phi) is 66.2. The Labute approximate surface area is 508 Å². The fourth-order valence-corrected chi connectivity index (χ4v) is 9.75. The first-order valence-electron chi connectivity index (χ1n) is 34.9. The molecule has 0 amide bonds. The lowest BCUT2D eigenvalue weighted by Gasteiger charge is -2.18. The summed E-state index contributed by atoms with van der Waals surface area (Å²) >= 11 is 0. The number of hydrogen-bond donors (Lipinski definition) is 0. The van der Waals surface area contributed by atoms with E-state index in [1.54, 1.807) is 0 Å². The fourth-order valence-electron chi connectivity index (χ4n) is 9.75. The van der Waals surface area contributed by atoms with Gasteiger partial charge in [-0.3, -0.25) is 14.4 Å². The Morgan fingerprint density at radius 2 is 0.488 bits per heavy atom. The van der Waals surface area contributed by atoms with Crippen LogP contribution in [-0.2, 0) is 28.6 Å². The summed E-state index contributed by atoms with van der Waals surface area (Å²) in [7, 11) is 0. The zero-order chi connectivity index (χ0) is 59.2. The molecule has 0 heterocycles. The van der Waals surface area contributed by atoms with Gasteiger partial charge >= 0.3 is 17.9 Å². The van der Waals surface area contributed by atoms with Crippen LogP contribution in [0.5, 0.6) is 0 Å². The van der Waals surface area contributed by atoms with Crippen LogP contribution in [0, 0.1) is 0 Å². The van der Waals surface area contributed by atoms with E-state index in [1.807, 2.05) is 0 Å². The monoisotopic (exact) mass is 1140 g/mol. The van der Waals surface area contributed by atoms with Gasteiger partial charge in [-0.15, -0.1) is 0 Å². The highest BCUT2D eigenvalue weighted by Crippen LogP contribution is 2.17. The number of unbranched alkanes of at least 4 members (excludes halogenated alkanes) is 34. The molecule has 0 aliphatic rings. The number of ether oxygens (including phenoxy) is 3. The van der Waals surface area contributed by atoms with Gasteiger partial charge in [-0.25, -0.2) is 0 Å². The summed E-state index contributed by atoms with van der Waals surface area (Å²) in [6.45, 7) is 6.49. The minimum atomic E-state index is -0.790. The average Bonchev–Trinajstić information content (AvgIpc) is 3.47. The zero-order valence-corrected chi connectivity index (χ0v) is 54.0. The molecule has 0 rings (SSSR count). The number of hydrogen-bond acceptors (Lipinski definition) is 6. The van der Waals surface area contributed by atoms with E-state index < -0.39 is 6.10 Å². The van der Waals surface area contributed by atoms with Gasteiger partial charge in [-0.05, 0) is 122 Å². The third-order valence-corrected chi connectivity index (χ3v) is 15.0. The van der Waals surface area contributed by atoms with E-state index in [1.165, 1.54) is 173 Å². The molecular weight excluding hydrogens is 1010 g/mol. The molecule has 0 fully saturated rings. The molecule has 0 aromatic carbocycles. The molecular formula is C76H130O6. The van der Waals surface area contributed by atoms with E-state index in [-0.39, 0.29) is 31.1 Å². The molecule has 470 valence electrons. The quantitative estimate of drug-likeness (QED) is 0.0261. The van der Waals surface area contributed by atoms with Crippen LogP contribution in [0.2, 0.25) is 0 Å². The highest BCUT2D eigenvalue weighted by atomic mass is 16.6. The third-order valence-electron chi connectivity index (χ3n) is 15.0. The van der Waals surface area contributed by atoms with Gasteiger partial charge < -0.3 is 14.2 Å². The normalized spacial score (nSPS) is 12.8. The van der Waals surface area contributed by atoms with Gasteiger partial charge in [0.05, 0.1) is 0 Å². The number of rotatable bonds is 63. The molecule has 0 aromatic heterocycles. The van der Waals surface area contributed by atoms with Crippen LogP contribution in [0.25, 0.3) is 0 Å². The molecule has 82 heavy (non-hydrogen) atoms. The van der Waals surface area contributed by atoms with E-state index in [4.69, 9.17) is 14.2 Å². The Bertz CT molecular complexity index is 1640. The maximum Gasteiger partial charge on any atom is 0.306 e. The fraction of sp³-hybridized carbons (Fsp3) is 0.724. The molecule has 0 aromatic rings. The first-order chi connectivity index (χ1) is 40.5. The lowest BCUT2D eigenvalue weighted by molar-refractivity contribution is -0.167. The smallest absolute Gasteiger partial charge is 0.306 e. The second kappa shape index (κ2) is 69.6. The van der Waals surface area contributed by atoms with Crippen molar-refractivity contribution in [2.45, 2.75) is 341 Å². The Balaban J connectivity index is 4.32. The van der Waals surface area contributed by atoms with Gasteiger partial charge in [-0.2, -0.15) is 0 Å². The predicted molar refractivity (Wildman–Crippen MR) is 357 cm³/mol. The van der Waals surface area contributed by atoms with Crippen LogP contribution in [0.15, 0.2) is 109 Å². The average molecular weight is 1140 g/mol. The van der Waals surface area contributed by atoms with E-state index in [0.29, 0.717) is 19.3 Å². The molecule has 6 heteroatoms. The second-order valence-electron chi connectivity index (χ2n) is 23.1. The number of allylic oxidation sites excluding steroid dienone is 18. The SMILES string of the molecule is CC/C=C\C/C=C\C/C=C\C/C=C\CCCCCCCCCCCCC(=O)OC(COC(=O)CCCCCCC/C=C\C/C=C\CCCC)COC(=O)CCCCCCCCCCCCCC/C=C\C/C=C\C/C=C\CCCCCCC. The van der Waals surface area contributed by atoms with Crippen molar-refractivity contribution in [3.05, 3.63) is 109 Å². The predicted octanol–water partition coefficient (Wildman–Crippen LogP) is 24.2. The van der Waals surface area contributed by atoms with E-state index in [2.05, 4.69) is 130 Å². The summed E-state index contributed by atoms with van der Waals surface area (Å²) in [5, 5.41) is 0. The lowest BCUT2D eigenvalue weighted by atomic mass is 10.0. The summed E-state index contributed by atoms with van der Waals surface area (Å²) in [5.41, 5.74) is 0. The standard InChI is InChI=1S/C76H130O6/c1-4-7-10-13-16-19-22-25-28-30-32-34-36-37-38-39-41-42-44-46-48-51-54-57-60-63-66-69-75(78)81-72-73(71-80-74(77)68-65-62-59-56-53-50-27-24-21-18-15-12-9-6-3)82-76(79)70-67-64-61-58-55-52-49-47-45-43-40-35-33-31-29-26-23-20-17-14-11-8-5-2/h8,11,15,17-18,20,22,24-27,29-30,32-33,35-37,73H,4-7,9-10,12-14,16,19,21,23,28,31,34,38-72H2,1-3H3/b11-8-,18-15-,20-17-,25-22-,27-24-,29-26-,32-30-,35-33-,37-36-. The van der Waals surface area contributed by atoms with Crippen molar-refractivity contribution in [2.24, 2.45) is 0 Å². The lowest BCUT2D eigenvalue weighted by Crippen LogP contribution is -2.30. The Morgan fingerprint density at radius 1 is 0.256 bits per heavy atom. The highest BCUT2D eigenvalue weighted by Gasteiger charge is 2.19. The first-order valence-corrected chi connectivity index (χ1v) is 34.9. The summed E-state index contributed by atoms with van der Waals surface area (Å²) in [6.07, 6.45) is 95.3. The molecule has 0 aliphatic carbocycles. The highest BCUT2D eigenvalue weighted by molar-refractivity contribution is 5.71. The minimum absolute atomic E-state index is 0.0848. The molecule has 0 spiro atoms. The Hall–Kier alpha value is -3.93. The zero-order valence-electron chi connectivity index (χ0n) is 54.0. The van der Waals surface area contributed by atoms with Gasteiger partial charge in [-0.1, -0.05) is 304 Å². The van der Waals surface area contributed by atoms with Crippen molar-refractivity contribution >= 4 is 17.9 Å². The molecule has 1 atom stereocenters. The summed E-state index contributed by atoms with van der Waals surface area (Å²) in [4.78, 5) is 38.4. The van der Waals surface area contributed by atoms with Gasteiger partial charge in [0.25, 0.3) is 0 Å². The van der Waals surface area contributed by atoms with Gasteiger partial charge in [0, 0.05) is 19.3 Å². The summed E-state index contributed by atoms with van der Waals surface area (Å²) in [6, 6.07) is 0. The molecule has 0 radical (unpaired) electrons. The van der Waals surface area contributed by atoms with E-state index in [9.17, 15) is 14.4 Å². The van der Waals surface area contributed by atoms with Gasteiger partial charge in [0.2, 0.25) is 0 Å². The van der Waals surface area contributed by atoms with Crippen molar-refractivity contribution in [1.29, 1.82) is 0 Å². The number of esters is 3. The van der Waals surface area contributed by atoms with Crippen LogP contribution in [0.1, 0.15) is 335 Å². The summed E-state index contributed by atoms with van der Waals surface area (Å²) < 4.78 is 17.0. The van der Waals surface area contributed by atoms with E-state index >= 15 is 0 Å². The largest absolute Gasteiger partial charge is 0.462 e. The summed E-state index contributed by atoms with van der Waals surface area (Å²) in [5.74, 6) is -0.894. The maximum absolute atomic E-state index is 13.0. The van der Waals surface area contributed by atoms with Crippen molar-refractivity contribution in [3.63, 3.8) is 0 Å². The second-order valence-corrected chi connectivity index (χ2v) is 23.1.